The lowest BCUT2D eigenvalue weighted by Gasteiger charge is -2.29. The van der Waals surface area contributed by atoms with E-state index in [1.165, 1.54) is 0 Å². The summed E-state index contributed by atoms with van der Waals surface area (Å²) in [6, 6.07) is 9.69. The lowest BCUT2D eigenvalue weighted by Crippen LogP contribution is -2.43. The molecule has 1 atom stereocenters. The van der Waals surface area contributed by atoms with Crippen LogP contribution in [-0.2, 0) is 15.1 Å². The summed E-state index contributed by atoms with van der Waals surface area (Å²) in [5.41, 5.74) is 0.463. The molecule has 0 spiro atoms. The molecule has 0 amide bonds. The standard InChI is InChI=1S/C14H21NO3/c1-3-18-13(17)9-10-15-14(2,11-16)12-7-5-4-6-8-12/h4-8,15-16H,3,9-11H2,1-2H3. The van der Waals surface area contributed by atoms with Crippen LogP contribution in [0.2, 0.25) is 0 Å². The molecule has 1 rings (SSSR count). The molecule has 0 aromatic heterocycles. The summed E-state index contributed by atoms with van der Waals surface area (Å²) < 4.78 is 4.85. The van der Waals surface area contributed by atoms with Gasteiger partial charge in [0, 0.05) is 6.54 Å². The van der Waals surface area contributed by atoms with Gasteiger partial charge in [0.25, 0.3) is 0 Å². The van der Waals surface area contributed by atoms with E-state index in [1.807, 2.05) is 37.3 Å². The number of rotatable bonds is 7. The number of esters is 1. The highest BCUT2D eigenvalue weighted by atomic mass is 16.5. The van der Waals surface area contributed by atoms with Crippen LogP contribution in [0.5, 0.6) is 0 Å². The van der Waals surface area contributed by atoms with Crippen molar-refractivity contribution >= 4 is 5.97 Å². The van der Waals surface area contributed by atoms with Crippen LogP contribution in [0.15, 0.2) is 30.3 Å². The molecule has 0 heterocycles. The Morgan fingerprint density at radius 2 is 2.06 bits per heavy atom. The minimum Gasteiger partial charge on any atom is -0.466 e. The molecule has 4 nitrogen and oxygen atoms in total. The van der Waals surface area contributed by atoms with Crippen LogP contribution in [0.4, 0.5) is 0 Å². The maximum atomic E-state index is 11.2. The minimum atomic E-state index is -0.534. The summed E-state index contributed by atoms with van der Waals surface area (Å²) in [5, 5.41) is 12.7. The summed E-state index contributed by atoms with van der Waals surface area (Å²) in [4.78, 5) is 11.2. The number of ether oxygens (including phenoxy) is 1. The Morgan fingerprint density at radius 1 is 1.39 bits per heavy atom. The molecule has 1 aromatic carbocycles. The summed E-state index contributed by atoms with van der Waals surface area (Å²) in [7, 11) is 0. The zero-order valence-corrected chi connectivity index (χ0v) is 11.0. The van der Waals surface area contributed by atoms with Crippen molar-refractivity contribution in [2.45, 2.75) is 25.8 Å². The molecule has 0 saturated carbocycles. The zero-order chi connectivity index (χ0) is 13.4. The van der Waals surface area contributed by atoms with Gasteiger partial charge in [-0.25, -0.2) is 0 Å². The van der Waals surface area contributed by atoms with E-state index in [1.54, 1.807) is 6.92 Å². The second-order valence-corrected chi connectivity index (χ2v) is 4.34. The predicted molar refractivity (Wildman–Crippen MR) is 70.1 cm³/mol. The Labute approximate surface area is 108 Å². The highest BCUT2D eigenvalue weighted by Crippen LogP contribution is 2.19. The fraction of sp³-hybridized carbons (Fsp3) is 0.500. The Hall–Kier alpha value is -1.39. The normalized spacial score (nSPS) is 13.9. The van der Waals surface area contributed by atoms with E-state index in [9.17, 15) is 9.90 Å². The quantitative estimate of drug-likeness (QED) is 0.720. The molecule has 0 aliphatic heterocycles. The van der Waals surface area contributed by atoms with Gasteiger partial charge in [-0.15, -0.1) is 0 Å². The maximum absolute atomic E-state index is 11.2. The third-order valence-electron chi connectivity index (χ3n) is 2.88. The summed E-state index contributed by atoms with van der Waals surface area (Å²) in [6.07, 6.45) is 0.302. The molecule has 100 valence electrons. The zero-order valence-electron chi connectivity index (χ0n) is 11.0. The fourth-order valence-electron chi connectivity index (χ4n) is 1.73. The molecule has 0 fully saturated rings. The van der Waals surface area contributed by atoms with E-state index in [2.05, 4.69) is 5.32 Å². The van der Waals surface area contributed by atoms with Gasteiger partial charge in [0.2, 0.25) is 0 Å². The summed E-state index contributed by atoms with van der Waals surface area (Å²) in [5.74, 6) is -0.224. The van der Waals surface area contributed by atoms with Gasteiger partial charge in [-0.1, -0.05) is 30.3 Å². The first-order valence-electron chi connectivity index (χ1n) is 6.19. The first kappa shape index (κ1) is 14.7. The molecule has 4 heteroatoms. The molecule has 1 unspecified atom stereocenters. The van der Waals surface area contributed by atoms with Gasteiger partial charge in [0.05, 0.1) is 25.2 Å². The van der Waals surface area contributed by atoms with E-state index in [-0.39, 0.29) is 12.6 Å². The molecule has 1 aromatic rings. The molecule has 2 N–H and O–H groups in total. The van der Waals surface area contributed by atoms with E-state index in [0.29, 0.717) is 19.6 Å². The first-order chi connectivity index (χ1) is 8.62. The van der Waals surface area contributed by atoms with E-state index < -0.39 is 5.54 Å². The summed E-state index contributed by atoms with van der Waals surface area (Å²) in [6.45, 7) is 4.54. The van der Waals surface area contributed by atoms with Crippen molar-refractivity contribution in [2.24, 2.45) is 0 Å². The topological polar surface area (TPSA) is 58.6 Å². The number of benzene rings is 1. The van der Waals surface area contributed by atoms with E-state index in [0.717, 1.165) is 5.56 Å². The average Bonchev–Trinajstić information content (AvgIpc) is 2.40. The molecule has 0 aliphatic carbocycles. The lowest BCUT2D eigenvalue weighted by molar-refractivity contribution is -0.143. The van der Waals surface area contributed by atoms with Gasteiger partial charge in [0.1, 0.15) is 0 Å². The highest BCUT2D eigenvalue weighted by Gasteiger charge is 2.24. The summed E-state index contributed by atoms with van der Waals surface area (Å²) >= 11 is 0. The molecule has 0 bridgehead atoms. The van der Waals surface area contributed by atoms with Gasteiger partial charge in [0.15, 0.2) is 0 Å². The predicted octanol–water partition coefficient (Wildman–Crippen LogP) is 1.44. The van der Waals surface area contributed by atoms with Crippen LogP contribution in [0.25, 0.3) is 0 Å². The van der Waals surface area contributed by atoms with Gasteiger partial charge in [-0.3, -0.25) is 4.79 Å². The van der Waals surface area contributed by atoms with Crippen molar-refractivity contribution < 1.29 is 14.6 Å². The van der Waals surface area contributed by atoms with Crippen LogP contribution in [0.1, 0.15) is 25.8 Å². The highest BCUT2D eigenvalue weighted by molar-refractivity contribution is 5.69. The smallest absolute Gasteiger partial charge is 0.307 e. The maximum Gasteiger partial charge on any atom is 0.307 e. The van der Waals surface area contributed by atoms with Crippen LogP contribution in [0, 0.1) is 0 Å². The molecule has 0 saturated heterocycles. The number of hydrogen-bond donors (Lipinski definition) is 2. The Morgan fingerprint density at radius 3 is 2.61 bits per heavy atom. The molecular weight excluding hydrogens is 230 g/mol. The van der Waals surface area contributed by atoms with Crippen molar-refractivity contribution in [3.05, 3.63) is 35.9 Å². The Balaban J connectivity index is 2.54. The molecule has 0 aliphatic rings. The van der Waals surface area contributed by atoms with Crippen LogP contribution in [0.3, 0.4) is 0 Å². The van der Waals surface area contributed by atoms with E-state index >= 15 is 0 Å². The van der Waals surface area contributed by atoms with Gasteiger partial charge in [-0.2, -0.15) is 0 Å². The Kier molecular flexibility index (Phi) is 5.82. The second kappa shape index (κ2) is 7.13. The Bertz CT molecular complexity index is 367. The number of aliphatic hydroxyl groups is 1. The monoisotopic (exact) mass is 251 g/mol. The van der Waals surface area contributed by atoms with Crippen molar-refractivity contribution in [3.63, 3.8) is 0 Å². The average molecular weight is 251 g/mol. The SMILES string of the molecule is CCOC(=O)CCNC(C)(CO)c1ccccc1. The van der Waals surface area contributed by atoms with Crippen LogP contribution in [-0.4, -0.2) is 30.8 Å². The van der Waals surface area contributed by atoms with Crippen molar-refractivity contribution in [1.82, 2.24) is 5.32 Å². The van der Waals surface area contributed by atoms with Gasteiger partial charge < -0.3 is 15.2 Å². The number of hydrogen-bond acceptors (Lipinski definition) is 4. The first-order valence-corrected chi connectivity index (χ1v) is 6.19. The number of nitrogens with one attached hydrogen (secondary N) is 1. The van der Waals surface area contributed by atoms with Crippen LogP contribution >= 0.6 is 0 Å². The van der Waals surface area contributed by atoms with Crippen LogP contribution < -0.4 is 5.32 Å². The van der Waals surface area contributed by atoms with Crippen molar-refractivity contribution in [3.8, 4) is 0 Å². The third kappa shape index (κ3) is 4.13. The fourth-order valence-corrected chi connectivity index (χ4v) is 1.73. The van der Waals surface area contributed by atoms with Crippen molar-refractivity contribution in [1.29, 1.82) is 0 Å². The minimum absolute atomic E-state index is 0.0279. The van der Waals surface area contributed by atoms with Gasteiger partial charge in [-0.05, 0) is 19.4 Å². The number of aliphatic hydroxyl groups excluding tert-OH is 1. The van der Waals surface area contributed by atoms with Gasteiger partial charge >= 0.3 is 5.97 Å². The largest absolute Gasteiger partial charge is 0.466 e. The lowest BCUT2D eigenvalue weighted by atomic mass is 9.93. The molecular formula is C14H21NO3. The van der Waals surface area contributed by atoms with Crippen molar-refractivity contribution in [2.75, 3.05) is 19.8 Å². The number of carbonyl (C=O) groups is 1. The molecule has 0 radical (unpaired) electrons. The molecule has 18 heavy (non-hydrogen) atoms. The third-order valence-corrected chi connectivity index (χ3v) is 2.88. The van der Waals surface area contributed by atoms with E-state index in [4.69, 9.17) is 4.74 Å². The second-order valence-electron chi connectivity index (χ2n) is 4.34. The number of carbonyl (C=O) groups excluding carboxylic acids is 1.